The van der Waals surface area contributed by atoms with Crippen molar-refractivity contribution in [2.24, 2.45) is 10.8 Å². The topological polar surface area (TPSA) is 52.6 Å². The molecule has 0 fully saturated rings. The van der Waals surface area contributed by atoms with E-state index in [0.29, 0.717) is 11.3 Å². The molecule has 4 heteroatoms. The van der Waals surface area contributed by atoms with Crippen LogP contribution in [0.3, 0.4) is 0 Å². The number of ether oxygens (including phenoxy) is 2. The Kier molecular flexibility index (Phi) is 3.35. The van der Waals surface area contributed by atoms with Crippen LogP contribution in [0.1, 0.15) is 48.5 Å². The standard InChI is InChI=1S/C17H24O4/c1-10(18)20-14-16(4,5)12(19)11-8-9-15(2,3)21-13(11)17(14,6)7/h8-9,14H,1-7H3/t14-/m0/s1. The zero-order valence-corrected chi connectivity index (χ0v) is 13.9. The van der Waals surface area contributed by atoms with Crippen LogP contribution in [0, 0.1) is 10.8 Å². The van der Waals surface area contributed by atoms with E-state index in [2.05, 4.69) is 0 Å². The molecule has 0 saturated heterocycles. The molecule has 0 bridgehead atoms. The second kappa shape index (κ2) is 4.46. The first-order chi connectivity index (χ1) is 9.39. The fourth-order valence-corrected chi connectivity index (χ4v) is 3.32. The van der Waals surface area contributed by atoms with Crippen LogP contribution in [0.2, 0.25) is 0 Å². The van der Waals surface area contributed by atoms with Crippen molar-refractivity contribution in [1.29, 1.82) is 0 Å². The lowest BCUT2D eigenvalue weighted by atomic mass is 9.61. The van der Waals surface area contributed by atoms with Crippen LogP contribution in [0.15, 0.2) is 23.5 Å². The fraction of sp³-hybridized carbons (Fsp3) is 0.647. The molecule has 1 atom stereocenters. The van der Waals surface area contributed by atoms with Crippen LogP contribution >= 0.6 is 0 Å². The van der Waals surface area contributed by atoms with E-state index in [1.54, 1.807) is 0 Å². The molecule has 0 spiro atoms. The Balaban J connectivity index is 2.60. The van der Waals surface area contributed by atoms with Crippen molar-refractivity contribution in [3.63, 3.8) is 0 Å². The van der Waals surface area contributed by atoms with Crippen LogP contribution < -0.4 is 0 Å². The average Bonchev–Trinajstić information content (AvgIpc) is 2.32. The first-order valence-electron chi connectivity index (χ1n) is 7.24. The molecule has 0 aromatic rings. The highest BCUT2D eigenvalue weighted by atomic mass is 16.6. The molecular weight excluding hydrogens is 268 g/mol. The monoisotopic (exact) mass is 292 g/mol. The van der Waals surface area contributed by atoms with Crippen molar-refractivity contribution in [2.45, 2.75) is 60.2 Å². The molecule has 116 valence electrons. The summed E-state index contributed by atoms with van der Waals surface area (Å²) in [6.07, 6.45) is 3.17. The van der Waals surface area contributed by atoms with E-state index < -0.39 is 22.5 Å². The molecule has 0 saturated carbocycles. The highest BCUT2D eigenvalue weighted by molar-refractivity contribution is 6.04. The summed E-state index contributed by atoms with van der Waals surface area (Å²) in [4.78, 5) is 24.3. The van der Waals surface area contributed by atoms with Gasteiger partial charge in [-0.2, -0.15) is 0 Å². The highest BCUT2D eigenvalue weighted by Gasteiger charge is 2.57. The van der Waals surface area contributed by atoms with Gasteiger partial charge >= 0.3 is 5.97 Å². The van der Waals surface area contributed by atoms with E-state index in [0.717, 1.165) is 0 Å². The minimum Gasteiger partial charge on any atom is -0.487 e. The molecule has 0 unspecified atom stereocenters. The molecule has 2 aliphatic rings. The molecule has 1 heterocycles. The van der Waals surface area contributed by atoms with Crippen LogP contribution in [-0.2, 0) is 19.1 Å². The first kappa shape index (κ1) is 15.8. The Morgan fingerprint density at radius 2 is 1.71 bits per heavy atom. The maximum atomic E-state index is 12.8. The predicted octanol–water partition coefficient (Wildman–Crippen LogP) is 3.17. The van der Waals surface area contributed by atoms with Gasteiger partial charge in [-0.3, -0.25) is 9.59 Å². The van der Waals surface area contributed by atoms with Crippen LogP contribution in [0.5, 0.6) is 0 Å². The number of hydrogen-bond donors (Lipinski definition) is 0. The van der Waals surface area contributed by atoms with E-state index in [-0.39, 0.29) is 11.8 Å². The summed E-state index contributed by atoms with van der Waals surface area (Å²) >= 11 is 0. The summed E-state index contributed by atoms with van der Waals surface area (Å²) in [6.45, 7) is 12.8. The second-order valence-corrected chi connectivity index (χ2v) is 7.54. The van der Waals surface area contributed by atoms with E-state index in [4.69, 9.17) is 9.47 Å². The maximum absolute atomic E-state index is 12.8. The van der Waals surface area contributed by atoms with Crippen LogP contribution in [0.25, 0.3) is 0 Å². The zero-order chi connectivity index (χ0) is 16.2. The molecule has 0 aromatic carbocycles. The van der Waals surface area contributed by atoms with Gasteiger partial charge < -0.3 is 9.47 Å². The zero-order valence-electron chi connectivity index (χ0n) is 13.9. The Bertz CT molecular complexity index is 561. The molecule has 0 aromatic heterocycles. The summed E-state index contributed by atoms with van der Waals surface area (Å²) in [6, 6.07) is 0. The normalized spacial score (nSPS) is 28.7. The molecule has 0 radical (unpaired) electrons. The van der Waals surface area contributed by atoms with Gasteiger partial charge in [0.25, 0.3) is 0 Å². The number of carbonyl (C=O) groups is 2. The molecule has 1 aliphatic carbocycles. The first-order valence-corrected chi connectivity index (χ1v) is 7.24. The quantitative estimate of drug-likeness (QED) is 0.697. The third-order valence-electron chi connectivity index (χ3n) is 4.27. The van der Waals surface area contributed by atoms with Gasteiger partial charge in [0.1, 0.15) is 17.5 Å². The lowest BCUT2D eigenvalue weighted by molar-refractivity contribution is -0.170. The molecule has 21 heavy (non-hydrogen) atoms. The maximum Gasteiger partial charge on any atom is 0.302 e. The van der Waals surface area contributed by atoms with Gasteiger partial charge in [-0.15, -0.1) is 0 Å². The van der Waals surface area contributed by atoms with E-state index >= 15 is 0 Å². The van der Waals surface area contributed by atoms with Gasteiger partial charge in [-0.25, -0.2) is 0 Å². The van der Waals surface area contributed by atoms with E-state index in [1.165, 1.54) is 6.92 Å². The molecule has 2 rings (SSSR count). The summed E-state index contributed by atoms with van der Waals surface area (Å²) in [7, 11) is 0. The molecule has 1 aliphatic heterocycles. The van der Waals surface area contributed by atoms with Crippen molar-refractivity contribution in [2.75, 3.05) is 0 Å². The number of Topliss-reactive ketones (excluding diaryl/α,β-unsaturated/α-hetero) is 1. The van der Waals surface area contributed by atoms with Crippen molar-refractivity contribution in [1.82, 2.24) is 0 Å². The summed E-state index contributed by atoms with van der Waals surface area (Å²) in [5.74, 6) is 0.184. The summed E-state index contributed by atoms with van der Waals surface area (Å²) in [5, 5.41) is 0. The number of rotatable bonds is 1. The number of esters is 1. The highest BCUT2D eigenvalue weighted by Crippen LogP contribution is 2.51. The van der Waals surface area contributed by atoms with E-state index in [1.807, 2.05) is 53.7 Å². The number of ketones is 1. The third kappa shape index (κ3) is 2.41. The third-order valence-corrected chi connectivity index (χ3v) is 4.27. The van der Waals surface area contributed by atoms with Crippen molar-refractivity contribution in [3.8, 4) is 0 Å². The van der Waals surface area contributed by atoms with Gasteiger partial charge in [-0.05, 0) is 53.7 Å². The molecule has 4 nitrogen and oxygen atoms in total. The molecular formula is C17H24O4. The van der Waals surface area contributed by atoms with Crippen LogP contribution in [-0.4, -0.2) is 23.5 Å². The number of hydrogen-bond acceptors (Lipinski definition) is 4. The van der Waals surface area contributed by atoms with Crippen LogP contribution in [0.4, 0.5) is 0 Å². The number of allylic oxidation sites excluding steroid dienone is 2. The average molecular weight is 292 g/mol. The lowest BCUT2D eigenvalue weighted by Crippen LogP contribution is -2.55. The van der Waals surface area contributed by atoms with Gasteiger partial charge in [0.05, 0.1) is 16.4 Å². The van der Waals surface area contributed by atoms with Crippen molar-refractivity contribution in [3.05, 3.63) is 23.5 Å². The predicted molar refractivity (Wildman–Crippen MR) is 79.5 cm³/mol. The van der Waals surface area contributed by atoms with Gasteiger partial charge in [0, 0.05) is 6.92 Å². The van der Waals surface area contributed by atoms with E-state index in [9.17, 15) is 9.59 Å². The van der Waals surface area contributed by atoms with Gasteiger partial charge in [0.2, 0.25) is 0 Å². The minimum absolute atomic E-state index is 0.0465. The van der Waals surface area contributed by atoms with Crippen molar-refractivity contribution < 1.29 is 19.1 Å². The lowest BCUT2D eigenvalue weighted by Gasteiger charge is -2.50. The van der Waals surface area contributed by atoms with Crippen molar-refractivity contribution >= 4 is 11.8 Å². The SMILES string of the molecule is CC(=O)O[C@H]1C(C)(C)C(=O)C2=C(OC(C)(C)C=C2)C1(C)C. The smallest absolute Gasteiger partial charge is 0.302 e. The largest absolute Gasteiger partial charge is 0.487 e. The Morgan fingerprint density at radius 3 is 2.24 bits per heavy atom. The van der Waals surface area contributed by atoms with Gasteiger partial charge in [0.15, 0.2) is 5.78 Å². The Morgan fingerprint density at radius 1 is 1.14 bits per heavy atom. The summed E-state index contributed by atoms with van der Waals surface area (Å²) in [5.41, 5.74) is -1.24. The Labute approximate surface area is 126 Å². The summed E-state index contributed by atoms with van der Waals surface area (Å²) < 4.78 is 11.6. The second-order valence-electron chi connectivity index (χ2n) is 7.54. The number of carbonyl (C=O) groups excluding carboxylic acids is 2. The molecule has 0 N–H and O–H groups in total. The fourth-order valence-electron chi connectivity index (χ4n) is 3.32. The minimum atomic E-state index is -0.789. The Hall–Kier alpha value is -1.58. The van der Waals surface area contributed by atoms with Gasteiger partial charge in [-0.1, -0.05) is 0 Å². The molecule has 0 amide bonds.